The summed E-state index contributed by atoms with van der Waals surface area (Å²) in [6.45, 7) is 4.60. The summed E-state index contributed by atoms with van der Waals surface area (Å²) in [7, 11) is 0. The summed E-state index contributed by atoms with van der Waals surface area (Å²) < 4.78 is 45.1. The van der Waals surface area contributed by atoms with E-state index in [4.69, 9.17) is 9.73 Å². The second-order valence-corrected chi connectivity index (χ2v) is 8.77. The molecule has 176 valence electrons. The lowest BCUT2D eigenvalue weighted by molar-refractivity contribution is -0.137. The Morgan fingerprint density at radius 1 is 1.03 bits per heavy atom. The van der Waals surface area contributed by atoms with Crippen LogP contribution in [0.4, 0.5) is 13.2 Å². The van der Waals surface area contributed by atoms with Crippen LogP contribution in [-0.2, 0) is 6.18 Å². The molecule has 1 saturated carbocycles. The van der Waals surface area contributed by atoms with Gasteiger partial charge in [-0.15, -0.1) is 0 Å². The predicted octanol–water partition coefficient (Wildman–Crippen LogP) is 7.09. The number of fused-ring (bicyclic) bond motifs is 1. The van der Waals surface area contributed by atoms with Crippen molar-refractivity contribution in [3.63, 3.8) is 0 Å². The lowest BCUT2D eigenvalue weighted by Crippen LogP contribution is -2.37. The highest BCUT2D eigenvalue weighted by atomic mass is 19.4. The number of hydrogen-bond acceptors (Lipinski definition) is 4. The first-order valence-electron chi connectivity index (χ1n) is 11.6. The molecule has 3 aliphatic rings. The van der Waals surface area contributed by atoms with Gasteiger partial charge in [0.25, 0.3) is 0 Å². The van der Waals surface area contributed by atoms with Gasteiger partial charge in [-0.3, -0.25) is 5.01 Å². The molecule has 0 radical (unpaired) electrons. The molecule has 0 bridgehead atoms. The van der Waals surface area contributed by atoms with Crippen LogP contribution in [0.3, 0.4) is 0 Å². The van der Waals surface area contributed by atoms with Gasteiger partial charge >= 0.3 is 6.18 Å². The van der Waals surface area contributed by atoms with E-state index >= 15 is 0 Å². The van der Waals surface area contributed by atoms with Crippen LogP contribution in [0.2, 0.25) is 0 Å². The number of alkyl halides is 3. The maximum Gasteiger partial charge on any atom is 0.416 e. The minimum atomic E-state index is -4.42. The van der Waals surface area contributed by atoms with E-state index in [1.807, 2.05) is 30.5 Å². The molecule has 2 aromatic rings. The molecule has 0 aromatic heterocycles. The topological polar surface area (TPSA) is 36.9 Å². The minimum Gasteiger partial charge on any atom is -0.457 e. The van der Waals surface area contributed by atoms with E-state index < -0.39 is 11.7 Å². The van der Waals surface area contributed by atoms with E-state index in [1.165, 1.54) is 37.1 Å². The van der Waals surface area contributed by atoms with E-state index in [0.29, 0.717) is 18.2 Å². The van der Waals surface area contributed by atoms with E-state index in [9.17, 15) is 13.2 Å². The zero-order valence-corrected chi connectivity index (χ0v) is 18.7. The molecule has 7 heteroatoms. The number of benzene rings is 2. The first-order valence-corrected chi connectivity index (χ1v) is 11.6. The number of aliphatic imine (C=N–C) groups is 1. The number of ether oxygens (including phenoxy) is 1. The Morgan fingerprint density at radius 3 is 2.50 bits per heavy atom. The van der Waals surface area contributed by atoms with Crippen molar-refractivity contribution in [1.29, 1.82) is 0 Å². The van der Waals surface area contributed by atoms with Crippen molar-refractivity contribution >= 4 is 11.8 Å². The van der Waals surface area contributed by atoms with Crippen molar-refractivity contribution in [2.24, 2.45) is 10.9 Å². The second kappa shape index (κ2) is 9.14. The van der Waals surface area contributed by atoms with Crippen molar-refractivity contribution < 1.29 is 17.9 Å². The highest BCUT2D eigenvalue weighted by molar-refractivity contribution is 6.12. The Hall–Kier alpha value is -3.32. The number of nitrogens with one attached hydrogen (secondary N) is 1. The molecule has 5 rings (SSSR count). The molecule has 0 unspecified atom stereocenters. The summed E-state index contributed by atoms with van der Waals surface area (Å²) in [5, 5.41) is 2.10. The Labute approximate surface area is 197 Å². The standard InChI is InChI=1S/C27H26F3N3O/c1-2-18-16-32-33-25(19-8-4-3-5-9-19)24(17-31-26(18)33)20-10-6-12-22(14-20)34-23-13-7-11-21(15-23)27(28,29)30/h2,6-7,10-15,17,19,32H,1,3-5,8-9,16H2. The van der Waals surface area contributed by atoms with Crippen LogP contribution in [0.25, 0.3) is 5.57 Å². The maximum absolute atomic E-state index is 13.1. The molecule has 0 spiro atoms. The van der Waals surface area contributed by atoms with Crippen LogP contribution >= 0.6 is 0 Å². The molecule has 2 heterocycles. The Bertz CT molecular complexity index is 1190. The molecule has 4 nitrogen and oxygen atoms in total. The third-order valence-electron chi connectivity index (χ3n) is 6.54. The van der Waals surface area contributed by atoms with Crippen LogP contribution in [0, 0.1) is 5.92 Å². The first kappa shape index (κ1) is 22.5. The van der Waals surface area contributed by atoms with Crippen LogP contribution in [-0.4, -0.2) is 17.8 Å². The highest BCUT2D eigenvalue weighted by Gasteiger charge is 2.34. The van der Waals surface area contributed by atoms with Gasteiger partial charge in [0, 0.05) is 35.5 Å². The molecule has 1 aliphatic carbocycles. The smallest absolute Gasteiger partial charge is 0.416 e. The van der Waals surface area contributed by atoms with Crippen molar-refractivity contribution in [1.82, 2.24) is 10.4 Å². The molecular formula is C27H26F3N3O. The van der Waals surface area contributed by atoms with E-state index in [1.54, 1.807) is 6.07 Å². The normalized spacial score (nSPS) is 19.0. The summed E-state index contributed by atoms with van der Waals surface area (Å²) in [5.74, 6) is 1.90. The van der Waals surface area contributed by atoms with Gasteiger partial charge in [0.1, 0.15) is 11.5 Å². The summed E-state index contributed by atoms with van der Waals surface area (Å²) in [5.41, 5.74) is 6.90. The molecule has 1 N–H and O–H groups in total. The first-order chi connectivity index (χ1) is 16.4. The molecule has 0 amide bonds. The molecule has 2 aromatic carbocycles. The fourth-order valence-electron chi connectivity index (χ4n) is 4.88. The number of nitrogens with zero attached hydrogens (tertiary/aromatic N) is 2. The van der Waals surface area contributed by atoms with Gasteiger partial charge < -0.3 is 4.74 Å². The third-order valence-corrected chi connectivity index (χ3v) is 6.54. The van der Waals surface area contributed by atoms with Crippen LogP contribution in [0.1, 0.15) is 43.2 Å². The molecule has 34 heavy (non-hydrogen) atoms. The number of halogens is 3. The molecule has 1 fully saturated rings. The van der Waals surface area contributed by atoms with Crippen LogP contribution in [0.15, 0.2) is 83.3 Å². The van der Waals surface area contributed by atoms with Crippen molar-refractivity contribution in [2.75, 3.05) is 6.54 Å². The van der Waals surface area contributed by atoms with Crippen LogP contribution in [0.5, 0.6) is 11.5 Å². The SMILES string of the molecule is C=CC1=C2N=CC(c3cccc(Oc4cccc(C(F)(F)F)c4)c3)=C(C3CCCCC3)N2NC1. The van der Waals surface area contributed by atoms with E-state index in [-0.39, 0.29) is 5.75 Å². The molecule has 0 saturated heterocycles. The minimum absolute atomic E-state index is 0.146. The van der Waals surface area contributed by atoms with Gasteiger partial charge in [-0.1, -0.05) is 50.1 Å². The van der Waals surface area contributed by atoms with Gasteiger partial charge in [-0.25, -0.2) is 10.4 Å². The van der Waals surface area contributed by atoms with Crippen molar-refractivity contribution in [3.8, 4) is 11.5 Å². The predicted molar refractivity (Wildman–Crippen MR) is 127 cm³/mol. The Balaban J connectivity index is 1.51. The average Bonchev–Trinajstić information content (AvgIpc) is 3.27. The maximum atomic E-state index is 13.1. The fourth-order valence-corrected chi connectivity index (χ4v) is 4.88. The second-order valence-electron chi connectivity index (χ2n) is 8.77. The fraction of sp³-hybridized carbons (Fsp3) is 0.296. The summed E-state index contributed by atoms with van der Waals surface area (Å²) in [6.07, 6.45) is 5.18. The van der Waals surface area contributed by atoms with Crippen LogP contribution < -0.4 is 10.2 Å². The zero-order chi connectivity index (χ0) is 23.7. The zero-order valence-electron chi connectivity index (χ0n) is 18.7. The monoisotopic (exact) mass is 465 g/mol. The number of allylic oxidation sites excluding steroid dienone is 2. The summed E-state index contributed by atoms with van der Waals surface area (Å²) >= 11 is 0. The average molecular weight is 466 g/mol. The van der Waals surface area contributed by atoms with Crippen molar-refractivity contribution in [2.45, 2.75) is 38.3 Å². The molecular weight excluding hydrogens is 439 g/mol. The van der Waals surface area contributed by atoms with Gasteiger partial charge in [0.05, 0.1) is 5.56 Å². The van der Waals surface area contributed by atoms with Gasteiger partial charge in [-0.2, -0.15) is 13.2 Å². The highest BCUT2D eigenvalue weighted by Crippen LogP contribution is 2.41. The van der Waals surface area contributed by atoms with Crippen molar-refractivity contribution in [3.05, 3.63) is 89.4 Å². The lowest BCUT2D eigenvalue weighted by atomic mass is 9.83. The quantitative estimate of drug-likeness (QED) is 0.512. The lowest BCUT2D eigenvalue weighted by Gasteiger charge is -2.35. The summed E-state index contributed by atoms with van der Waals surface area (Å²) in [4.78, 5) is 4.72. The largest absolute Gasteiger partial charge is 0.457 e. The number of hydrazine groups is 1. The number of hydrogen-bond donors (Lipinski definition) is 1. The van der Waals surface area contributed by atoms with Gasteiger partial charge in [0.2, 0.25) is 0 Å². The Morgan fingerprint density at radius 2 is 1.76 bits per heavy atom. The Kier molecular flexibility index (Phi) is 6.04. The molecule has 0 atom stereocenters. The van der Waals surface area contributed by atoms with Gasteiger partial charge in [-0.05, 0) is 48.7 Å². The van der Waals surface area contributed by atoms with Gasteiger partial charge in [0.15, 0.2) is 5.82 Å². The van der Waals surface area contributed by atoms with E-state index in [0.717, 1.165) is 47.5 Å². The molecule has 2 aliphatic heterocycles. The third kappa shape index (κ3) is 4.40. The number of rotatable bonds is 5. The summed E-state index contributed by atoms with van der Waals surface area (Å²) in [6, 6.07) is 12.4. The van der Waals surface area contributed by atoms with E-state index in [2.05, 4.69) is 17.0 Å².